The molecule has 1 aromatic carbocycles. The quantitative estimate of drug-likeness (QED) is 0.654. The lowest BCUT2D eigenvalue weighted by Crippen LogP contribution is -2.23. The average Bonchev–Trinajstić information content (AvgIpc) is 3.23. The Morgan fingerprint density at radius 2 is 2.04 bits per heavy atom. The first-order valence-corrected chi connectivity index (χ1v) is 9.24. The summed E-state index contributed by atoms with van der Waals surface area (Å²) in [6.07, 6.45) is 1.62. The second-order valence-electron chi connectivity index (χ2n) is 5.48. The van der Waals surface area contributed by atoms with Gasteiger partial charge in [-0.2, -0.15) is 0 Å². The van der Waals surface area contributed by atoms with Crippen LogP contribution in [0.4, 0.5) is 5.69 Å². The zero-order chi connectivity index (χ0) is 19.2. The number of aromatic nitrogens is 1. The summed E-state index contributed by atoms with van der Waals surface area (Å²) >= 11 is 7.47. The highest BCUT2D eigenvalue weighted by Gasteiger charge is 2.13. The van der Waals surface area contributed by atoms with Gasteiger partial charge in [0.1, 0.15) is 0 Å². The molecule has 6 nitrogen and oxygen atoms in total. The third kappa shape index (κ3) is 4.64. The second kappa shape index (κ2) is 8.66. The van der Waals surface area contributed by atoms with Gasteiger partial charge in [-0.3, -0.25) is 9.59 Å². The Balaban J connectivity index is 1.71. The number of benzene rings is 1. The number of thiophene rings is 1. The highest BCUT2D eigenvalue weighted by molar-refractivity contribution is 7.12. The predicted molar refractivity (Wildman–Crippen MR) is 106 cm³/mol. The summed E-state index contributed by atoms with van der Waals surface area (Å²) in [5, 5.41) is 7.70. The van der Waals surface area contributed by atoms with E-state index in [9.17, 15) is 9.59 Å². The minimum atomic E-state index is -0.302. The van der Waals surface area contributed by atoms with Gasteiger partial charge in [-0.05, 0) is 35.7 Å². The molecule has 0 fully saturated rings. The molecule has 0 radical (unpaired) electrons. The van der Waals surface area contributed by atoms with Crippen molar-refractivity contribution in [1.29, 1.82) is 0 Å². The van der Waals surface area contributed by atoms with Crippen molar-refractivity contribution in [2.75, 3.05) is 12.4 Å². The van der Waals surface area contributed by atoms with E-state index < -0.39 is 0 Å². The van der Waals surface area contributed by atoms with Crippen LogP contribution in [-0.4, -0.2) is 23.9 Å². The number of carbonyl (C=O) groups excluding carboxylic acids is 2. The molecule has 0 saturated carbocycles. The van der Waals surface area contributed by atoms with Gasteiger partial charge in [0.15, 0.2) is 0 Å². The molecular weight excluding hydrogens is 386 g/mol. The van der Waals surface area contributed by atoms with Gasteiger partial charge in [-0.15, -0.1) is 11.3 Å². The molecule has 2 aromatic heterocycles. The summed E-state index contributed by atoms with van der Waals surface area (Å²) in [4.78, 5) is 29.3. The molecule has 138 valence electrons. The molecule has 27 heavy (non-hydrogen) atoms. The first-order chi connectivity index (χ1) is 13.1. The lowest BCUT2D eigenvalue weighted by atomic mass is 10.1. The maximum Gasteiger partial charge on any atom is 0.265 e. The Labute approximate surface area is 165 Å². The van der Waals surface area contributed by atoms with E-state index in [0.29, 0.717) is 27.0 Å². The van der Waals surface area contributed by atoms with Crippen molar-refractivity contribution < 1.29 is 14.3 Å². The van der Waals surface area contributed by atoms with Crippen LogP contribution in [0.3, 0.4) is 0 Å². The molecule has 0 aliphatic heterocycles. The summed E-state index contributed by atoms with van der Waals surface area (Å²) in [6.45, 7) is 0.259. The van der Waals surface area contributed by atoms with E-state index in [1.54, 1.807) is 42.6 Å². The number of carbonyl (C=O) groups is 2. The standard InChI is InChI=1S/C19H16ClN3O3S/c1-26-19-13(4-2-8-21-19)11-22-17(24)12-6-7-14(20)15(10-12)23-18(25)16-5-3-9-27-16/h2-10H,11H2,1H3,(H,22,24)(H,23,25). The van der Waals surface area contributed by atoms with Crippen LogP contribution >= 0.6 is 22.9 Å². The fourth-order valence-corrected chi connectivity index (χ4v) is 3.16. The molecule has 2 heterocycles. The van der Waals surface area contributed by atoms with Gasteiger partial charge in [0.25, 0.3) is 11.8 Å². The maximum atomic E-state index is 12.5. The van der Waals surface area contributed by atoms with Crippen molar-refractivity contribution >= 4 is 40.4 Å². The van der Waals surface area contributed by atoms with Gasteiger partial charge in [0.2, 0.25) is 5.88 Å². The zero-order valence-corrected chi connectivity index (χ0v) is 15.9. The van der Waals surface area contributed by atoms with Crippen LogP contribution in [0.5, 0.6) is 5.88 Å². The van der Waals surface area contributed by atoms with E-state index in [2.05, 4.69) is 15.6 Å². The van der Waals surface area contributed by atoms with Crippen LogP contribution in [-0.2, 0) is 6.54 Å². The van der Waals surface area contributed by atoms with Crippen molar-refractivity contribution in [2.45, 2.75) is 6.54 Å². The highest BCUT2D eigenvalue weighted by atomic mass is 35.5. The molecule has 8 heteroatoms. The van der Waals surface area contributed by atoms with Gasteiger partial charge in [0, 0.05) is 23.9 Å². The maximum absolute atomic E-state index is 12.5. The van der Waals surface area contributed by atoms with Crippen molar-refractivity contribution in [3.63, 3.8) is 0 Å². The fourth-order valence-electron chi connectivity index (χ4n) is 2.37. The minimum absolute atomic E-state index is 0.259. The van der Waals surface area contributed by atoms with Crippen molar-refractivity contribution in [2.24, 2.45) is 0 Å². The van der Waals surface area contributed by atoms with Gasteiger partial charge in [-0.25, -0.2) is 4.98 Å². The molecule has 2 amide bonds. The number of pyridine rings is 1. The van der Waals surface area contributed by atoms with Crippen LogP contribution in [0, 0.1) is 0 Å². The molecule has 3 rings (SSSR count). The Bertz CT molecular complexity index is 961. The third-order valence-electron chi connectivity index (χ3n) is 3.70. The van der Waals surface area contributed by atoms with Crippen molar-refractivity contribution in [3.05, 3.63) is 75.1 Å². The number of rotatable bonds is 6. The predicted octanol–water partition coefficient (Wildman–Crippen LogP) is 3.99. The van der Waals surface area contributed by atoms with Crippen LogP contribution in [0.15, 0.2) is 54.0 Å². The number of anilines is 1. The topological polar surface area (TPSA) is 80.3 Å². The number of amides is 2. The van der Waals surface area contributed by atoms with Gasteiger partial charge < -0.3 is 15.4 Å². The van der Waals surface area contributed by atoms with Gasteiger partial charge in [-0.1, -0.05) is 23.7 Å². The van der Waals surface area contributed by atoms with E-state index in [4.69, 9.17) is 16.3 Å². The molecule has 0 spiro atoms. The summed E-state index contributed by atoms with van der Waals surface area (Å²) in [5.74, 6) is -0.119. The lowest BCUT2D eigenvalue weighted by Gasteiger charge is -2.11. The molecule has 0 bridgehead atoms. The number of nitrogens with one attached hydrogen (secondary N) is 2. The fraction of sp³-hybridized carbons (Fsp3) is 0.105. The number of ether oxygens (including phenoxy) is 1. The summed E-state index contributed by atoms with van der Waals surface area (Å²) in [7, 11) is 1.52. The van der Waals surface area contributed by atoms with Gasteiger partial charge in [0.05, 0.1) is 22.7 Å². The van der Waals surface area contributed by atoms with Crippen LogP contribution in [0.1, 0.15) is 25.6 Å². The smallest absolute Gasteiger partial charge is 0.265 e. The number of methoxy groups -OCH3 is 1. The molecule has 0 aliphatic rings. The Morgan fingerprint density at radius 1 is 1.19 bits per heavy atom. The number of halogens is 1. The first kappa shape index (κ1) is 18.9. The number of nitrogens with zero attached hydrogens (tertiary/aromatic N) is 1. The summed E-state index contributed by atoms with van der Waals surface area (Å²) in [6, 6.07) is 11.8. The molecule has 0 aliphatic carbocycles. The molecule has 0 atom stereocenters. The van der Waals surface area contributed by atoms with E-state index in [0.717, 1.165) is 5.56 Å². The first-order valence-electron chi connectivity index (χ1n) is 7.99. The molecule has 0 unspecified atom stereocenters. The summed E-state index contributed by atoms with van der Waals surface area (Å²) < 4.78 is 5.17. The van der Waals surface area contributed by atoms with E-state index in [1.807, 2.05) is 11.4 Å². The number of hydrogen-bond donors (Lipinski definition) is 2. The van der Waals surface area contributed by atoms with Crippen LogP contribution in [0.25, 0.3) is 0 Å². The molecule has 2 N–H and O–H groups in total. The Morgan fingerprint density at radius 3 is 2.78 bits per heavy atom. The second-order valence-corrected chi connectivity index (χ2v) is 6.84. The van der Waals surface area contributed by atoms with Gasteiger partial charge >= 0.3 is 0 Å². The Hall–Kier alpha value is -2.90. The van der Waals surface area contributed by atoms with E-state index >= 15 is 0 Å². The SMILES string of the molecule is COc1ncccc1CNC(=O)c1ccc(Cl)c(NC(=O)c2cccs2)c1. The normalized spacial score (nSPS) is 10.3. The van der Waals surface area contributed by atoms with Crippen molar-refractivity contribution in [1.82, 2.24) is 10.3 Å². The van der Waals surface area contributed by atoms with Crippen LogP contribution in [0.2, 0.25) is 5.02 Å². The number of hydrogen-bond acceptors (Lipinski definition) is 5. The Kier molecular flexibility index (Phi) is 6.05. The minimum Gasteiger partial charge on any atom is -0.481 e. The lowest BCUT2D eigenvalue weighted by molar-refractivity contribution is 0.0949. The molecular formula is C19H16ClN3O3S. The summed E-state index contributed by atoms with van der Waals surface area (Å²) in [5.41, 5.74) is 1.51. The van der Waals surface area contributed by atoms with E-state index in [-0.39, 0.29) is 18.4 Å². The zero-order valence-electron chi connectivity index (χ0n) is 14.4. The monoisotopic (exact) mass is 401 g/mol. The van der Waals surface area contributed by atoms with Crippen molar-refractivity contribution in [3.8, 4) is 5.88 Å². The average molecular weight is 402 g/mol. The molecule has 0 saturated heterocycles. The largest absolute Gasteiger partial charge is 0.481 e. The van der Waals surface area contributed by atoms with E-state index in [1.165, 1.54) is 18.4 Å². The molecule has 3 aromatic rings. The highest BCUT2D eigenvalue weighted by Crippen LogP contribution is 2.24. The third-order valence-corrected chi connectivity index (χ3v) is 4.90. The van der Waals surface area contributed by atoms with Crippen LogP contribution < -0.4 is 15.4 Å².